The van der Waals surface area contributed by atoms with Crippen molar-refractivity contribution in [1.82, 2.24) is 28.7 Å². The summed E-state index contributed by atoms with van der Waals surface area (Å²) in [6.45, 7) is 0.725. The molecular weight excluding hydrogens is 428 g/mol. The first-order valence-corrected chi connectivity index (χ1v) is 11.5. The Balaban J connectivity index is 1.63. The minimum absolute atomic E-state index is 0.0648. The zero-order valence-corrected chi connectivity index (χ0v) is 18.4. The number of benzene rings is 1. The van der Waals surface area contributed by atoms with Crippen molar-refractivity contribution >= 4 is 28.0 Å². The van der Waals surface area contributed by atoms with Crippen LogP contribution in [0.2, 0.25) is 0 Å². The van der Waals surface area contributed by atoms with Gasteiger partial charge in [-0.1, -0.05) is 19.3 Å². The Hall–Kier alpha value is -3.30. The van der Waals surface area contributed by atoms with Crippen molar-refractivity contribution in [3.63, 3.8) is 0 Å². The van der Waals surface area contributed by atoms with Crippen molar-refractivity contribution in [3.05, 3.63) is 40.8 Å². The van der Waals surface area contributed by atoms with Gasteiger partial charge in [0.05, 0.1) is 17.6 Å². The number of hydrogen-bond donors (Lipinski definition) is 0. The first-order valence-electron chi connectivity index (χ1n) is 11.5. The second-order valence-corrected chi connectivity index (χ2v) is 9.10. The Bertz CT molecular complexity index is 1420. The Morgan fingerprint density at radius 1 is 1.09 bits per heavy atom. The maximum Gasteiger partial charge on any atom is 0.330 e. The summed E-state index contributed by atoms with van der Waals surface area (Å²) in [6.07, 6.45) is 6.17. The minimum atomic E-state index is -0.945. The molecule has 4 aromatic rings. The number of fused-ring (bicyclic) bond motifs is 2. The Morgan fingerprint density at radius 3 is 2.67 bits per heavy atom. The number of anilines is 1. The maximum absolute atomic E-state index is 14.1. The molecule has 8 nitrogen and oxygen atoms in total. The van der Waals surface area contributed by atoms with Gasteiger partial charge in [-0.3, -0.25) is 13.7 Å². The highest BCUT2D eigenvalue weighted by molar-refractivity contribution is 5.86. The number of aromatic nitrogens is 6. The monoisotopic (exact) mass is 453 g/mol. The van der Waals surface area contributed by atoms with E-state index in [2.05, 4.69) is 4.98 Å². The molecule has 3 aromatic heterocycles. The molecule has 4 heterocycles. The molecule has 10 heteroatoms. The van der Waals surface area contributed by atoms with Crippen molar-refractivity contribution < 1.29 is 8.78 Å². The van der Waals surface area contributed by atoms with Crippen LogP contribution in [0.1, 0.15) is 44.6 Å². The van der Waals surface area contributed by atoms with E-state index < -0.39 is 6.17 Å². The third kappa shape index (κ3) is 3.22. The molecule has 1 atom stereocenters. The van der Waals surface area contributed by atoms with Crippen LogP contribution >= 0.6 is 0 Å². The average molecular weight is 453 g/mol. The van der Waals surface area contributed by atoms with Crippen LogP contribution in [-0.2, 0) is 7.05 Å². The van der Waals surface area contributed by atoms with Crippen molar-refractivity contribution in [2.75, 3.05) is 18.0 Å². The van der Waals surface area contributed by atoms with E-state index in [1.165, 1.54) is 18.6 Å². The third-order valence-electron chi connectivity index (χ3n) is 6.99. The van der Waals surface area contributed by atoms with E-state index in [-0.39, 0.29) is 24.1 Å². The predicted molar refractivity (Wildman–Crippen MR) is 121 cm³/mol. The van der Waals surface area contributed by atoms with Crippen molar-refractivity contribution in [3.8, 4) is 5.95 Å². The van der Waals surface area contributed by atoms with Crippen molar-refractivity contribution in [2.45, 2.75) is 50.7 Å². The summed E-state index contributed by atoms with van der Waals surface area (Å²) < 4.78 is 33.2. The van der Waals surface area contributed by atoms with Crippen LogP contribution in [0.5, 0.6) is 0 Å². The molecule has 1 aliphatic heterocycles. The van der Waals surface area contributed by atoms with Gasteiger partial charge in [-0.2, -0.15) is 9.97 Å². The van der Waals surface area contributed by atoms with Crippen molar-refractivity contribution in [2.24, 2.45) is 7.05 Å². The zero-order chi connectivity index (χ0) is 22.7. The molecular formula is C23H25F2N7O. The number of imidazole rings is 2. The quantitative estimate of drug-likeness (QED) is 0.473. The molecule has 2 aliphatic rings. The lowest BCUT2D eigenvalue weighted by Gasteiger charge is -2.23. The molecule has 1 saturated heterocycles. The topological polar surface area (TPSA) is 73.8 Å². The molecule has 0 bridgehead atoms. The molecule has 1 saturated carbocycles. The molecule has 0 N–H and O–H groups in total. The Kier molecular flexibility index (Phi) is 4.70. The first-order chi connectivity index (χ1) is 16.0. The van der Waals surface area contributed by atoms with Crippen LogP contribution in [0.4, 0.5) is 14.6 Å². The number of nitrogens with zero attached hydrogens (tertiary/aromatic N) is 7. The van der Waals surface area contributed by atoms with Gasteiger partial charge in [0.15, 0.2) is 11.5 Å². The van der Waals surface area contributed by atoms with Crippen LogP contribution in [-0.4, -0.2) is 47.9 Å². The second kappa shape index (κ2) is 7.64. The molecule has 0 amide bonds. The van der Waals surface area contributed by atoms with Crippen LogP contribution in [0.15, 0.2) is 29.3 Å². The van der Waals surface area contributed by atoms with Gasteiger partial charge >= 0.3 is 5.69 Å². The van der Waals surface area contributed by atoms with Gasteiger partial charge in [0.2, 0.25) is 5.95 Å². The first kappa shape index (κ1) is 20.3. The highest BCUT2D eigenvalue weighted by Crippen LogP contribution is 2.33. The van der Waals surface area contributed by atoms with Crippen LogP contribution in [0.25, 0.3) is 28.1 Å². The molecule has 6 rings (SSSR count). The summed E-state index contributed by atoms with van der Waals surface area (Å²) in [5.41, 5.74) is 2.16. The van der Waals surface area contributed by atoms with E-state index >= 15 is 0 Å². The lowest BCUT2D eigenvalue weighted by molar-refractivity contribution is 0.350. The molecule has 1 aliphatic carbocycles. The average Bonchev–Trinajstić information content (AvgIpc) is 3.50. The number of hydrogen-bond acceptors (Lipinski definition) is 5. The van der Waals surface area contributed by atoms with Gasteiger partial charge in [-0.25, -0.2) is 18.6 Å². The number of aryl methyl sites for hydroxylation is 1. The Labute approximate surface area is 188 Å². The summed E-state index contributed by atoms with van der Waals surface area (Å²) in [7, 11) is 1.72. The summed E-state index contributed by atoms with van der Waals surface area (Å²) in [5.74, 6) is 0.440. The molecule has 0 spiro atoms. The molecule has 172 valence electrons. The second-order valence-electron chi connectivity index (χ2n) is 9.10. The highest BCUT2D eigenvalue weighted by atomic mass is 19.1. The van der Waals surface area contributed by atoms with Gasteiger partial charge in [0, 0.05) is 25.7 Å². The fourth-order valence-electron chi connectivity index (χ4n) is 5.28. The van der Waals surface area contributed by atoms with Crippen molar-refractivity contribution in [1.29, 1.82) is 0 Å². The zero-order valence-electron chi connectivity index (χ0n) is 18.4. The predicted octanol–water partition coefficient (Wildman–Crippen LogP) is 3.66. The van der Waals surface area contributed by atoms with Crippen LogP contribution in [0, 0.1) is 5.82 Å². The van der Waals surface area contributed by atoms with E-state index in [4.69, 9.17) is 9.97 Å². The summed E-state index contributed by atoms with van der Waals surface area (Å²) in [5, 5.41) is 0. The highest BCUT2D eigenvalue weighted by Gasteiger charge is 2.30. The molecule has 1 aromatic carbocycles. The minimum Gasteiger partial charge on any atom is -0.352 e. The van der Waals surface area contributed by atoms with E-state index in [1.54, 1.807) is 33.1 Å². The van der Waals surface area contributed by atoms with Gasteiger partial charge in [0.25, 0.3) is 0 Å². The largest absolute Gasteiger partial charge is 0.352 e. The third-order valence-corrected chi connectivity index (χ3v) is 6.99. The fourth-order valence-corrected chi connectivity index (χ4v) is 5.28. The number of rotatable bonds is 3. The van der Waals surface area contributed by atoms with Gasteiger partial charge in [-0.15, -0.1) is 0 Å². The number of halogens is 2. The number of alkyl halides is 1. The van der Waals surface area contributed by atoms with Crippen LogP contribution in [0.3, 0.4) is 0 Å². The standard InChI is InChI=1S/C23H25F2N7O/c1-29-19-20(30-10-9-15(25)12-30)27-22(31-13-26-17-8-7-14(24)11-18(17)31)28-21(19)32(23(29)33)16-5-3-2-4-6-16/h7-8,11,13,15-16H,2-6,9-10,12H2,1H3/t15-/m0/s1. The van der Waals surface area contributed by atoms with Gasteiger partial charge in [0.1, 0.15) is 23.8 Å². The summed E-state index contributed by atoms with van der Waals surface area (Å²) in [6, 6.07) is 4.42. The van der Waals surface area contributed by atoms with E-state index in [1.807, 2.05) is 4.90 Å². The van der Waals surface area contributed by atoms with Crippen LogP contribution < -0.4 is 10.6 Å². The van der Waals surface area contributed by atoms with Gasteiger partial charge < -0.3 is 4.90 Å². The molecule has 0 unspecified atom stereocenters. The van der Waals surface area contributed by atoms with E-state index in [9.17, 15) is 13.6 Å². The molecule has 0 radical (unpaired) electrons. The van der Waals surface area contributed by atoms with E-state index in [0.717, 1.165) is 25.7 Å². The maximum atomic E-state index is 14.1. The normalized spacial score (nSPS) is 19.8. The summed E-state index contributed by atoms with van der Waals surface area (Å²) >= 11 is 0. The fraction of sp³-hybridized carbons (Fsp3) is 0.478. The lowest BCUT2D eigenvalue weighted by atomic mass is 9.95. The smallest absolute Gasteiger partial charge is 0.330 e. The summed E-state index contributed by atoms with van der Waals surface area (Å²) in [4.78, 5) is 29.2. The molecule has 33 heavy (non-hydrogen) atoms. The SMILES string of the molecule is Cn1c(=O)n(C2CCCCC2)c2nc(-n3cnc4ccc(F)cc43)nc(N3CC[C@H](F)C3)c21. The van der Waals surface area contributed by atoms with E-state index in [0.29, 0.717) is 46.9 Å². The lowest BCUT2D eigenvalue weighted by Crippen LogP contribution is -2.27. The molecule has 2 fully saturated rings. The van der Waals surface area contributed by atoms with Gasteiger partial charge in [-0.05, 0) is 31.4 Å². The Morgan fingerprint density at radius 2 is 1.91 bits per heavy atom.